The fraction of sp³-hybridized carbons (Fsp3) is 0.316. The Morgan fingerprint density at radius 1 is 1.18 bits per heavy atom. The molecule has 0 bridgehead atoms. The van der Waals surface area contributed by atoms with Gasteiger partial charge in [0, 0.05) is 36.5 Å². The van der Waals surface area contributed by atoms with Crippen molar-refractivity contribution in [1.82, 2.24) is 19.7 Å². The minimum atomic E-state index is 0.611. The highest BCUT2D eigenvalue weighted by Crippen LogP contribution is 2.26. The fourth-order valence-corrected chi connectivity index (χ4v) is 3.99. The maximum Gasteiger partial charge on any atom is 0.191 e. The van der Waals surface area contributed by atoms with Gasteiger partial charge in [0.1, 0.15) is 5.69 Å². The molecule has 4 N–H and O–H groups in total. The van der Waals surface area contributed by atoms with Crippen LogP contribution in [0.1, 0.15) is 6.92 Å². The number of rotatable bonds is 9. The molecule has 0 saturated carbocycles. The molecule has 2 heterocycles. The summed E-state index contributed by atoms with van der Waals surface area (Å²) in [5, 5.41) is 16.1. The molecule has 0 saturated heterocycles. The lowest BCUT2D eigenvalue weighted by Crippen LogP contribution is -2.06. The van der Waals surface area contributed by atoms with Gasteiger partial charge in [0.2, 0.25) is 0 Å². The third-order valence-electron chi connectivity index (χ3n) is 4.22. The van der Waals surface area contributed by atoms with Crippen LogP contribution in [0, 0.1) is 0 Å². The van der Waals surface area contributed by atoms with E-state index in [9.17, 15) is 0 Å². The molecule has 0 atom stereocenters. The highest BCUT2D eigenvalue weighted by atomic mass is 32.2. The fourth-order valence-electron chi connectivity index (χ4n) is 2.72. The Balaban J connectivity index is 1.63. The molecule has 3 aromatic rings. The second-order valence-electron chi connectivity index (χ2n) is 5.96. The van der Waals surface area contributed by atoms with Crippen LogP contribution in [0.2, 0.25) is 0 Å². The molecule has 0 spiro atoms. The van der Waals surface area contributed by atoms with Gasteiger partial charge in [0.15, 0.2) is 11.0 Å². The number of hydrogen-bond acceptors (Lipinski definition) is 8. The Hall–Kier alpha value is -2.39. The lowest BCUT2D eigenvalue weighted by molar-refractivity contribution is 0.686. The summed E-state index contributed by atoms with van der Waals surface area (Å²) in [5.41, 5.74) is 9.25. The molecule has 2 aromatic heterocycles. The summed E-state index contributed by atoms with van der Waals surface area (Å²) < 4.78 is 2.08. The molecular formula is C19H25N7S2. The number of aromatic nitrogens is 4. The van der Waals surface area contributed by atoms with Gasteiger partial charge in [-0.2, -0.15) is 0 Å². The first-order valence-electron chi connectivity index (χ1n) is 9.03. The highest BCUT2D eigenvalue weighted by Gasteiger charge is 2.15. The molecular weight excluding hydrogens is 390 g/mol. The number of nitrogens with two attached hydrogens (primary N) is 1. The number of pyridine rings is 1. The van der Waals surface area contributed by atoms with Crippen LogP contribution in [0.25, 0.3) is 11.5 Å². The van der Waals surface area contributed by atoms with Gasteiger partial charge in [-0.15, -0.1) is 22.0 Å². The number of nitrogen functional groups attached to an aromatic ring is 1. The zero-order valence-electron chi connectivity index (χ0n) is 16.3. The van der Waals surface area contributed by atoms with Gasteiger partial charge in [-0.3, -0.25) is 4.98 Å². The van der Waals surface area contributed by atoms with Gasteiger partial charge in [0.25, 0.3) is 0 Å². The normalized spacial score (nSPS) is 10.8. The van der Waals surface area contributed by atoms with Crippen molar-refractivity contribution in [3.05, 3.63) is 36.5 Å². The highest BCUT2D eigenvalue weighted by molar-refractivity contribution is 7.99. The molecule has 0 aliphatic heterocycles. The van der Waals surface area contributed by atoms with Crippen LogP contribution >= 0.6 is 23.5 Å². The lowest BCUT2D eigenvalue weighted by atomic mass is 10.2. The van der Waals surface area contributed by atoms with Crippen LogP contribution in [0.3, 0.4) is 0 Å². The molecule has 0 aliphatic rings. The van der Waals surface area contributed by atoms with E-state index in [4.69, 9.17) is 5.73 Å². The van der Waals surface area contributed by atoms with E-state index in [-0.39, 0.29) is 0 Å². The first-order valence-corrected chi connectivity index (χ1v) is 11.2. The van der Waals surface area contributed by atoms with Crippen LogP contribution < -0.4 is 16.4 Å². The molecule has 7 nitrogen and oxygen atoms in total. The average Bonchev–Trinajstić information content (AvgIpc) is 3.15. The number of hydrogen-bond donors (Lipinski definition) is 3. The van der Waals surface area contributed by atoms with Crippen molar-refractivity contribution >= 4 is 40.6 Å². The molecule has 148 valence electrons. The predicted molar refractivity (Wildman–Crippen MR) is 120 cm³/mol. The minimum absolute atomic E-state index is 0.611. The van der Waals surface area contributed by atoms with E-state index in [1.807, 2.05) is 13.1 Å². The summed E-state index contributed by atoms with van der Waals surface area (Å²) in [4.78, 5) is 5.68. The monoisotopic (exact) mass is 415 g/mol. The van der Waals surface area contributed by atoms with Crippen LogP contribution in [-0.2, 0) is 6.54 Å². The molecule has 28 heavy (non-hydrogen) atoms. The number of benzene rings is 1. The Bertz CT molecular complexity index is 909. The number of anilines is 3. The second-order valence-corrected chi connectivity index (χ2v) is 7.90. The van der Waals surface area contributed by atoms with Crippen LogP contribution in [0.15, 0.2) is 46.6 Å². The van der Waals surface area contributed by atoms with Gasteiger partial charge >= 0.3 is 0 Å². The van der Waals surface area contributed by atoms with Gasteiger partial charge in [-0.05, 0) is 43.5 Å². The zero-order valence-corrected chi connectivity index (χ0v) is 17.9. The molecule has 0 radical (unpaired) electrons. The van der Waals surface area contributed by atoms with E-state index in [0.29, 0.717) is 5.69 Å². The molecule has 3 rings (SSSR count). The molecule has 9 heteroatoms. The van der Waals surface area contributed by atoms with E-state index in [1.165, 1.54) is 4.90 Å². The Kier molecular flexibility index (Phi) is 7.05. The van der Waals surface area contributed by atoms with Crippen molar-refractivity contribution in [2.24, 2.45) is 0 Å². The molecule has 1 aromatic carbocycles. The first-order chi connectivity index (χ1) is 13.7. The van der Waals surface area contributed by atoms with Crippen molar-refractivity contribution in [3.8, 4) is 11.5 Å². The Labute approximate surface area is 173 Å². The van der Waals surface area contributed by atoms with E-state index >= 15 is 0 Å². The number of thioether (sulfide) groups is 2. The van der Waals surface area contributed by atoms with Crippen molar-refractivity contribution in [2.75, 3.05) is 42.0 Å². The summed E-state index contributed by atoms with van der Waals surface area (Å²) in [6.45, 7) is 3.70. The standard InChI is InChI=1S/C19H25N7S2/c1-4-26-18(17-11-16(21-2)15(20)12-23-17)24-25-19(26)28-10-9-22-13-5-7-14(27-3)8-6-13/h5-8,11-12,22H,4,9-10,20H2,1-3H3,(H,21,23). The molecule has 0 amide bonds. The van der Waals surface area contributed by atoms with Gasteiger partial charge in [0.05, 0.1) is 17.6 Å². The average molecular weight is 416 g/mol. The van der Waals surface area contributed by atoms with Crippen molar-refractivity contribution < 1.29 is 0 Å². The van der Waals surface area contributed by atoms with E-state index in [1.54, 1.807) is 29.7 Å². The number of nitrogens with one attached hydrogen (secondary N) is 2. The molecule has 0 aliphatic carbocycles. The Morgan fingerprint density at radius 2 is 1.96 bits per heavy atom. The maximum atomic E-state index is 5.92. The van der Waals surface area contributed by atoms with Gasteiger partial charge < -0.3 is 20.9 Å². The summed E-state index contributed by atoms with van der Waals surface area (Å²) in [6, 6.07) is 10.4. The quantitative estimate of drug-likeness (QED) is 0.358. The third-order valence-corrected chi connectivity index (χ3v) is 5.93. The summed E-state index contributed by atoms with van der Waals surface area (Å²) in [6.07, 6.45) is 3.73. The van der Waals surface area contributed by atoms with Crippen molar-refractivity contribution in [2.45, 2.75) is 23.5 Å². The van der Waals surface area contributed by atoms with E-state index in [2.05, 4.69) is 67.8 Å². The SMILES string of the molecule is CCn1c(SCCNc2ccc(SC)cc2)nnc1-c1cc(NC)c(N)cn1. The maximum absolute atomic E-state index is 5.92. The zero-order chi connectivity index (χ0) is 19.9. The van der Waals surface area contributed by atoms with E-state index < -0.39 is 0 Å². The van der Waals surface area contributed by atoms with E-state index in [0.717, 1.165) is 46.9 Å². The second kappa shape index (κ2) is 9.70. The summed E-state index contributed by atoms with van der Waals surface area (Å²) in [5.74, 6) is 1.64. The largest absolute Gasteiger partial charge is 0.396 e. The van der Waals surface area contributed by atoms with Crippen LogP contribution in [-0.4, -0.2) is 45.3 Å². The molecule has 0 fully saturated rings. The Morgan fingerprint density at radius 3 is 2.64 bits per heavy atom. The minimum Gasteiger partial charge on any atom is -0.396 e. The van der Waals surface area contributed by atoms with Crippen LogP contribution in [0.5, 0.6) is 0 Å². The smallest absolute Gasteiger partial charge is 0.191 e. The van der Waals surface area contributed by atoms with Gasteiger partial charge in [-0.25, -0.2) is 0 Å². The lowest BCUT2D eigenvalue weighted by Gasteiger charge is -2.10. The number of nitrogens with zero attached hydrogens (tertiary/aromatic N) is 4. The third kappa shape index (κ3) is 4.71. The predicted octanol–water partition coefficient (Wildman–Crippen LogP) is 3.91. The molecule has 0 unspecified atom stereocenters. The summed E-state index contributed by atoms with van der Waals surface area (Å²) >= 11 is 3.43. The summed E-state index contributed by atoms with van der Waals surface area (Å²) in [7, 11) is 1.84. The van der Waals surface area contributed by atoms with Crippen molar-refractivity contribution in [1.29, 1.82) is 0 Å². The topological polar surface area (TPSA) is 93.7 Å². The van der Waals surface area contributed by atoms with Crippen molar-refractivity contribution in [3.63, 3.8) is 0 Å². The van der Waals surface area contributed by atoms with Gasteiger partial charge in [-0.1, -0.05) is 11.8 Å². The van der Waals surface area contributed by atoms with Crippen LogP contribution in [0.4, 0.5) is 17.1 Å². The first kappa shape index (κ1) is 20.3.